The summed E-state index contributed by atoms with van der Waals surface area (Å²) in [4.78, 5) is 4.55. The van der Waals surface area contributed by atoms with E-state index >= 15 is 0 Å². The molecule has 3 rings (SSSR count). The van der Waals surface area contributed by atoms with E-state index < -0.39 is 0 Å². The summed E-state index contributed by atoms with van der Waals surface area (Å²) in [5.74, 6) is 0.930. The van der Waals surface area contributed by atoms with Crippen molar-refractivity contribution in [3.63, 3.8) is 0 Å². The Morgan fingerprint density at radius 2 is 1.77 bits per heavy atom. The zero-order valence-electron chi connectivity index (χ0n) is 12.8. The second-order valence-electron chi connectivity index (χ2n) is 5.18. The summed E-state index contributed by atoms with van der Waals surface area (Å²) in [5, 5.41) is 8.33. The molecule has 0 spiro atoms. The van der Waals surface area contributed by atoms with Gasteiger partial charge in [0.05, 0.1) is 5.25 Å². The maximum atomic E-state index is 4.55. The first-order valence-corrected chi connectivity index (χ1v) is 8.34. The maximum Gasteiger partial charge on any atom is 0.209 e. The molecule has 0 saturated heterocycles. The molecular weight excluding hydrogens is 290 g/mol. The molecule has 0 fully saturated rings. The molecule has 112 valence electrons. The average molecular weight is 309 g/mol. The van der Waals surface area contributed by atoms with E-state index in [1.54, 1.807) is 11.8 Å². The van der Waals surface area contributed by atoms with Gasteiger partial charge in [-0.25, -0.2) is 4.98 Å². The third kappa shape index (κ3) is 3.22. The fourth-order valence-corrected chi connectivity index (χ4v) is 3.57. The van der Waals surface area contributed by atoms with Gasteiger partial charge in [0.2, 0.25) is 5.16 Å². The molecule has 1 heterocycles. The zero-order valence-corrected chi connectivity index (χ0v) is 13.6. The molecule has 0 saturated carbocycles. The van der Waals surface area contributed by atoms with Crippen LogP contribution in [0.25, 0.3) is 0 Å². The van der Waals surface area contributed by atoms with Crippen molar-refractivity contribution in [3.05, 3.63) is 77.1 Å². The van der Waals surface area contributed by atoms with Crippen LogP contribution < -0.4 is 0 Å². The number of hydrogen-bond acceptors (Lipinski definition) is 3. The molecule has 1 atom stereocenters. The lowest BCUT2D eigenvalue weighted by molar-refractivity contribution is 0.940. The SMILES string of the molecule is CCc1nc(SC(c2ccccc2)c2ccccc2C)n[nH]1. The van der Waals surface area contributed by atoms with Gasteiger partial charge in [-0.1, -0.05) is 73.3 Å². The van der Waals surface area contributed by atoms with Crippen molar-refractivity contribution >= 4 is 11.8 Å². The van der Waals surface area contributed by atoms with Gasteiger partial charge < -0.3 is 0 Å². The Kier molecular flexibility index (Phi) is 4.59. The van der Waals surface area contributed by atoms with E-state index in [-0.39, 0.29) is 5.25 Å². The van der Waals surface area contributed by atoms with E-state index in [9.17, 15) is 0 Å². The van der Waals surface area contributed by atoms with E-state index in [0.717, 1.165) is 17.4 Å². The molecule has 3 nitrogen and oxygen atoms in total. The largest absolute Gasteiger partial charge is 0.262 e. The number of thioether (sulfide) groups is 1. The Morgan fingerprint density at radius 1 is 1.05 bits per heavy atom. The fourth-order valence-electron chi connectivity index (χ4n) is 2.41. The van der Waals surface area contributed by atoms with E-state index in [1.165, 1.54) is 16.7 Å². The number of nitrogens with zero attached hydrogens (tertiary/aromatic N) is 2. The first kappa shape index (κ1) is 14.9. The van der Waals surface area contributed by atoms with Gasteiger partial charge in [-0.15, -0.1) is 5.10 Å². The second-order valence-corrected chi connectivity index (χ2v) is 6.26. The summed E-state index contributed by atoms with van der Waals surface area (Å²) in [5.41, 5.74) is 3.86. The van der Waals surface area contributed by atoms with Gasteiger partial charge in [0.15, 0.2) is 0 Å². The van der Waals surface area contributed by atoms with Gasteiger partial charge in [-0.05, 0) is 23.6 Å². The molecule has 4 heteroatoms. The van der Waals surface area contributed by atoms with Crippen LogP contribution in [0.4, 0.5) is 0 Å². The molecule has 1 unspecified atom stereocenters. The molecule has 1 aromatic heterocycles. The molecule has 0 bridgehead atoms. The highest BCUT2D eigenvalue weighted by molar-refractivity contribution is 7.99. The first-order chi connectivity index (χ1) is 10.8. The van der Waals surface area contributed by atoms with E-state index in [1.807, 2.05) is 6.07 Å². The highest BCUT2D eigenvalue weighted by atomic mass is 32.2. The van der Waals surface area contributed by atoms with Crippen LogP contribution >= 0.6 is 11.8 Å². The minimum Gasteiger partial charge on any atom is -0.262 e. The predicted molar refractivity (Wildman–Crippen MR) is 91.1 cm³/mol. The summed E-state index contributed by atoms with van der Waals surface area (Å²) >= 11 is 1.69. The molecule has 0 amide bonds. The van der Waals surface area contributed by atoms with E-state index in [2.05, 4.69) is 77.6 Å². The van der Waals surface area contributed by atoms with Crippen molar-refractivity contribution in [2.45, 2.75) is 30.7 Å². The normalized spacial score (nSPS) is 12.3. The number of H-pyrrole nitrogens is 1. The third-order valence-corrected chi connectivity index (χ3v) is 4.80. The fraction of sp³-hybridized carbons (Fsp3) is 0.222. The predicted octanol–water partition coefficient (Wildman–Crippen LogP) is 4.56. The Morgan fingerprint density at radius 3 is 2.45 bits per heavy atom. The highest BCUT2D eigenvalue weighted by Crippen LogP contribution is 2.40. The Hall–Kier alpha value is -2.07. The average Bonchev–Trinajstić information content (AvgIpc) is 3.02. The van der Waals surface area contributed by atoms with Crippen molar-refractivity contribution in [2.24, 2.45) is 0 Å². The smallest absolute Gasteiger partial charge is 0.209 e. The van der Waals surface area contributed by atoms with Crippen LogP contribution in [0, 0.1) is 6.92 Å². The van der Waals surface area contributed by atoms with Gasteiger partial charge in [0.25, 0.3) is 0 Å². The van der Waals surface area contributed by atoms with Gasteiger partial charge in [0.1, 0.15) is 5.82 Å². The first-order valence-electron chi connectivity index (χ1n) is 7.46. The lowest BCUT2D eigenvalue weighted by Crippen LogP contribution is -2.00. The minimum absolute atomic E-state index is 0.197. The topological polar surface area (TPSA) is 41.6 Å². The summed E-state index contributed by atoms with van der Waals surface area (Å²) in [6, 6.07) is 19.0. The van der Waals surface area contributed by atoms with Crippen LogP contribution in [0.2, 0.25) is 0 Å². The number of hydrogen-bond donors (Lipinski definition) is 1. The summed E-state index contributed by atoms with van der Waals surface area (Å²) < 4.78 is 0. The molecule has 22 heavy (non-hydrogen) atoms. The van der Waals surface area contributed by atoms with Crippen LogP contribution in [0.3, 0.4) is 0 Å². The molecule has 2 aromatic carbocycles. The number of aromatic nitrogens is 3. The van der Waals surface area contributed by atoms with Crippen LogP contribution in [-0.2, 0) is 6.42 Å². The number of aromatic amines is 1. The van der Waals surface area contributed by atoms with Crippen LogP contribution in [0.1, 0.15) is 34.7 Å². The zero-order chi connectivity index (χ0) is 15.4. The Labute approximate surface area is 135 Å². The number of aryl methyl sites for hydroxylation is 2. The highest BCUT2D eigenvalue weighted by Gasteiger charge is 2.19. The van der Waals surface area contributed by atoms with Crippen LogP contribution in [0.5, 0.6) is 0 Å². The van der Waals surface area contributed by atoms with Crippen molar-refractivity contribution in [1.29, 1.82) is 0 Å². The Bertz CT molecular complexity index is 737. The monoisotopic (exact) mass is 309 g/mol. The van der Waals surface area contributed by atoms with Crippen LogP contribution in [0.15, 0.2) is 59.8 Å². The van der Waals surface area contributed by atoms with Crippen molar-refractivity contribution in [2.75, 3.05) is 0 Å². The summed E-state index contributed by atoms with van der Waals surface area (Å²) in [6.45, 7) is 4.23. The molecular formula is C18H19N3S. The van der Waals surface area contributed by atoms with Gasteiger partial charge in [-0.2, -0.15) is 0 Å². The van der Waals surface area contributed by atoms with E-state index in [0.29, 0.717) is 0 Å². The van der Waals surface area contributed by atoms with Crippen LogP contribution in [-0.4, -0.2) is 15.2 Å². The van der Waals surface area contributed by atoms with Crippen molar-refractivity contribution < 1.29 is 0 Å². The quantitative estimate of drug-likeness (QED) is 0.703. The number of benzene rings is 2. The molecule has 0 aliphatic heterocycles. The molecule has 0 aliphatic rings. The summed E-state index contributed by atoms with van der Waals surface area (Å²) in [7, 11) is 0. The molecule has 0 aliphatic carbocycles. The summed E-state index contributed by atoms with van der Waals surface area (Å²) in [6.07, 6.45) is 0.869. The third-order valence-electron chi connectivity index (χ3n) is 3.64. The molecule has 3 aromatic rings. The molecule has 1 N–H and O–H groups in total. The van der Waals surface area contributed by atoms with Gasteiger partial charge in [0, 0.05) is 6.42 Å². The van der Waals surface area contributed by atoms with Crippen molar-refractivity contribution in [1.82, 2.24) is 15.2 Å². The lowest BCUT2D eigenvalue weighted by Gasteiger charge is -2.18. The van der Waals surface area contributed by atoms with Gasteiger partial charge >= 0.3 is 0 Å². The van der Waals surface area contributed by atoms with Crippen molar-refractivity contribution in [3.8, 4) is 0 Å². The maximum absolute atomic E-state index is 4.55. The number of nitrogens with one attached hydrogen (secondary N) is 1. The standard InChI is InChI=1S/C18H19N3S/c1-3-16-19-18(21-20-16)22-17(14-10-5-4-6-11-14)15-12-8-7-9-13(15)2/h4-12,17H,3H2,1-2H3,(H,19,20,21). The van der Waals surface area contributed by atoms with Gasteiger partial charge in [-0.3, -0.25) is 5.10 Å². The minimum atomic E-state index is 0.197. The number of rotatable bonds is 5. The van der Waals surface area contributed by atoms with E-state index in [4.69, 9.17) is 0 Å². The second kappa shape index (κ2) is 6.79. The molecule has 0 radical (unpaired) electrons. The Balaban J connectivity index is 1.98. The lowest BCUT2D eigenvalue weighted by atomic mass is 10.0.